The van der Waals surface area contributed by atoms with Gasteiger partial charge in [-0.15, -0.1) is 0 Å². The molecule has 0 spiro atoms. The van der Waals surface area contributed by atoms with Crippen molar-refractivity contribution >= 4 is 27.5 Å². The molecule has 7 nitrogen and oxygen atoms in total. The molecular formula is C25H26BrF2N5O2. The van der Waals surface area contributed by atoms with E-state index in [0.717, 1.165) is 22.2 Å². The number of piperidine rings is 1. The summed E-state index contributed by atoms with van der Waals surface area (Å²) >= 11 is 3.37. The Hall–Kier alpha value is -2.95. The van der Waals surface area contributed by atoms with Crippen LogP contribution >= 0.6 is 15.9 Å². The van der Waals surface area contributed by atoms with Crippen LogP contribution < -0.4 is 5.32 Å². The topological polar surface area (TPSA) is 83.3 Å². The molecule has 0 bridgehead atoms. The molecule has 2 aromatic carbocycles. The number of aromatic nitrogens is 3. The second kappa shape index (κ2) is 10.8. The number of rotatable bonds is 7. The van der Waals surface area contributed by atoms with E-state index < -0.39 is 23.3 Å². The van der Waals surface area contributed by atoms with Crippen LogP contribution in [0.25, 0.3) is 0 Å². The summed E-state index contributed by atoms with van der Waals surface area (Å²) in [6.45, 7) is 2.91. The van der Waals surface area contributed by atoms with Crippen molar-refractivity contribution in [1.82, 2.24) is 19.7 Å². The second-order valence-corrected chi connectivity index (χ2v) is 9.57. The predicted octanol–water partition coefficient (Wildman–Crippen LogP) is 4.26. The van der Waals surface area contributed by atoms with Crippen LogP contribution in [0.4, 0.5) is 14.5 Å². The molecule has 2 N–H and O–H groups in total. The second-order valence-electron chi connectivity index (χ2n) is 8.65. The maximum atomic E-state index is 14.8. The summed E-state index contributed by atoms with van der Waals surface area (Å²) in [7, 11) is 0. The highest BCUT2D eigenvalue weighted by Crippen LogP contribution is 2.34. The van der Waals surface area contributed by atoms with Gasteiger partial charge >= 0.3 is 0 Å². The summed E-state index contributed by atoms with van der Waals surface area (Å²) in [6, 6.07) is 10.0. The van der Waals surface area contributed by atoms with Gasteiger partial charge in [-0.2, -0.15) is 5.10 Å². The van der Waals surface area contributed by atoms with Gasteiger partial charge in [0, 0.05) is 47.0 Å². The third-order valence-electron chi connectivity index (χ3n) is 6.39. The first-order valence-corrected chi connectivity index (χ1v) is 12.0. The first-order chi connectivity index (χ1) is 16.7. The van der Waals surface area contributed by atoms with Crippen LogP contribution in [0.15, 0.2) is 71.2 Å². The molecular weight excluding hydrogens is 520 g/mol. The van der Waals surface area contributed by atoms with Gasteiger partial charge in [0.2, 0.25) is 5.91 Å². The SMILES string of the molecule is C[C@@H](N1CCC(=CC(=O)Nc2ccc(Br)cc2)CC1)[C@](O)(Cn1cncn1)c1ccc(F)cc1F. The molecule has 1 fully saturated rings. The van der Waals surface area contributed by atoms with Crippen LogP contribution in [0.2, 0.25) is 0 Å². The van der Waals surface area contributed by atoms with E-state index in [1.807, 2.05) is 36.1 Å². The van der Waals surface area contributed by atoms with Gasteiger partial charge in [0.15, 0.2) is 0 Å². The van der Waals surface area contributed by atoms with Crippen molar-refractivity contribution < 1.29 is 18.7 Å². The molecule has 4 rings (SSSR count). The zero-order valence-corrected chi connectivity index (χ0v) is 20.8. The van der Waals surface area contributed by atoms with Crippen LogP contribution in [0.1, 0.15) is 25.3 Å². The molecule has 184 valence electrons. The van der Waals surface area contributed by atoms with E-state index in [2.05, 4.69) is 31.3 Å². The first-order valence-electron chi connectivity index (χ1n) is 11.2. The molecule has 1 aliphatic heterocycles. The van der Waals surface area contributed by atoms with Gasteiger partial charge < -0.3 is 10.4 Å². The average molecular weight is 546 g/mol. The standard InChI is InChI=1S/C25H26BrF2N5O2/c1-17(25(35,14-33-16-29-15-30-33)22-7-4-20(27)13-23(22)28)32-10-8-18(9-11-32)12-24(34)31-21-5-2-19(26)3-6-21/h2-7,12-13,15-17,35H,8-11,14H2,1H3,(H,31,34)/t17-,25-/m1/s1. The monoisotopic (exact) mass is 545 g/mol. The number of benzene rings is 2. The fourth-order valence-corrected chi connectivity index (χ4v) is 4.65. The normalized spacial score (nSPS) is 17.0. The number of halogens is 3. The van der Waals surface area contributed by atoms with Gasteiger partial charge in [-0.1, -0.05) is 27.6 Å². The largest absolute Gasteiger partial charge is 0.381 e. The molecule has 1 aliphatic rings. The summed E-state index contributed by atoms with van der Waals surface area (Å²) in [6.07, 6.45) is 5.65. The minimum absolute atomic E-state index is 0.00267. The Bertz CT molecular complexity index is 1190. The van der Waals surface area contributed by atoms with E-state index in [9.17, 15) is 18.7 Å². The van der Waals surface area contributed by atoms with E-state index in [-0.39, 0.29) is 18.0 Å². The minimum Gasteiger partial charge on any atom is -0.381 e. The van der Waals surface area contributed by atoms with Crippen molar-refractivity contribution in [3.8, 4) is 0 Å². The lowest BCUT2D eigenvalue weighted by atomic mass is 9.84. The van der Waals surface area contributed by atoms with Gasteiger partial charge in [0.05, 0.1) is 6.54 Å². The molecule has 2 atom stereocenters. The van der Waals surface area contributed by atoms with Crippen molar-refractivity contribution in [3.05, 3.63) is 88.4 Å². The molecule has 10 heteroatoms. The van der Waals surface area contributed by atoms with Crippen LogP contribution in [0.5, 0.6) is 0 Å². The van der Waals surface area contributed by atoms with E-state index in [1.165, 1.54) is 23.4 Å². The van der Waals surface area contributed by atoms with Crippen molar-refractivity contribution in [2.24, 2.45) is 0 Å². The third-order valence-corrected chi connectivity index (χ3v) is 6.92. The first kappa shape index (κ1) is 25.2. The number of carbonyl (C=O) groups excluding carboxylic acids is 1. The van der Waals surface area contributed by atoms with Crippen molar-refractivity contribution in [2.75, 3.05) is 18.4 Å². The van der Waals surface area contributed by atoms with Gasteiger partial charge in [-0.3, -0.25) is 9.69 Å². The Kier molecular flexibility index (Phi) is 7.73. The summed E-state index contributed by atoms with van der Waals surface area (Å²) < 4.78 is 30.7. The quantitative estimate of drug-likeness (QED) is 0.433. The Labute approximate surface area is 210 Å². The average Bonchev–Trinajstić information content (AvgIpc) is 3.33. The number of aliphatic hydroxyl groups is 1. The molecule has 1 amide bonds. The van der Waals surface area contributed by atoms with Crippen LogP contribution in [0, 0.1) is 11.6 Å². The van der Waals surface area contributed by atoms with E-state index in [4.69, 9.17) is 0 Å². The molecule has 1 aromatic heterocycles. The van der Waals surface area contributed by atoms with Gasteiger partial charge in [-0.05, 0) is 50.1 Å². The lowest BCUT2D eigenvalue weighted by molar-refractivity contribution is -0.112. The zero-order valence-electron chi connectivity index (χ0n) is 19.2. The van der Waals surface area contributed by atoms with Crippen LogP contribution in [-0.2, 0) is 16.9 Å². The van der Waals surface area contributed by atoms with E-state index in [1.54, 1.807) is 6.08 Å². The number of anilines is 1. The lowest BCUT2D eigenvalue weighted by Crippen LogP contribution is -2.53. The molecule has 3 aromatic rings. The summed E-state index contributed by atoms with van der Waals surface area (Å²) in [5.41, 5.74) is 0.0135. The Morgan fingerprint density at radius 3 is 2.57 bits per heavy atom. The van der Waals surface area contributed by atoms with E-state index in [0.29, 0.717) is 31.6 Å². The molecule has 1 saturated heterocycles. The number of likely N-dealkylation sites (tertiary alicyclic amines) is 1. The number of carbonyl (C=O) groups is 1. The fraction of sp³-hybridized carbons (Fsp3) is 0.320. The summed E-state index contributed by atoms with van der Waals surface area (Å²) in [4.78, 5) is 18.4. The highest BCUT2D eigenvalue weighted by Gasteiger charge is 2.42. The van der Waals surface area contributed by atoms with Gasteiger partial charge in [0.25, 0.3) is 0 Å². The number of hydrogen-bond donors (Lipinski definition) is 2. The Balaban J connectivity index is 1.47. The number of amides is 1. The molecule has 2 heterocycles. The fourth-order valence-electron chi connectivity index (χ4n) is 4.39. The van der Waals surface area contributed by atoms with Gasteiger partial charge in [-0.25, -0.2) is 18.4 Å². The molecule has 0 aliphatic carbocycles. The Morgan fingerprint density at radius 1 is 1.23 bits per heavy atom. The third kappa shape index (κ3) is 6.01. The predicted molar refractivity (Wildman–Crippen MR) is 131 cm³/mol. The zero-order chi connectivity index (χ0) is 25.0. The molecule has 0 saturated carbocycles. The number of hydrogen-bond acceptors (Lipinski definition) is 5. The van der Waals surface area contributed by atoms with Crippen molar-refractivity contribution in [2.45, 2.75) is 38.0 Å². The summed E-state index contributed by atoms with van der Waals surface area (Å²) in [5, 5.41) is 18.7. The summed E-state index contributed by atoms with van der Waals surface area (Å²) in [5.74, 6) is -1.72. The maximum absolute atomic E-state index is 14.8. The Morgan fingerprint density at radius 2 is 1.94 bits per heavy atom. The smallest absolute Gasteiger partial charge is 0.248 e. The maximum Gasteiger partial charge on any atom is 0.248 e. The van der Waals surface area contributed by atoms with Crippen LogP contribution in [-0.4, -0.2) is 49.8 Å². The molecule has 0 unspecified atom stereocenters. The van der Waals surface area contributed by atoms with Gasteiger partial charge in [0.1, 0.15) is 29.9 Å². The molecule has 35 heavy (non-hydrogen) atoms. The minimum atomic E-state index is -1.69. The van der Waals surface area contributed by atoms with E-state index >= 15 is 0 Å². The lowest BCUT2D eigenvalue weighted by Gasteiger charge is -2.43. The van der Waals surface area contributed by atoms with Crippen molar-refractivity contribution in [3.63, 3.8) is 0 Å². The highest BCUT2D eigenvalue weighted by atomic mass is 79.9. The van der Waals surface area contributed by atoms with Crippen molar-refractivity contribution in [1.29, 1.82) is 0 Å². The highest BCUT2D eigenvalue weighted by molar-refractivity contribution is 9.10. The van der Waals surface area contributed by atoms with Crippen LogP contribution in [0.3, 0.4) is 0 Å². The molecule has 0 radical (unpaired) electrons. The number of nitrogens with one attached hydrogen (secondary N) is 1. The number of nitrogens with zero attached hydrogens (tertiary/aromatic N) is 4.